The van der Waals surface area contributed by atoms with Gasteiger partial charge in [0.15, 0.2) is 0 Å². The van der Waals surface area contributed by atoms with Crippen LogP contribution in [0.15, 0.2) is 35.3 Å². The molecule has 1 aromatic rings. The van der Waals surface area contributed by atoms with Gasteiger partial charge in [-0.05, 0) is 17.5 Å². The van der Waals surface area contributed by atoms with Gasteiger partial charge in [-0.3, -0.25) is 4.79 Å². The zero-order chi connectivity index (χ0) is 12.3. The Morgan fingerprint density at radius 3 is 2.88 bits per heavy atom. The maximum absolute atomic E-state index is 11.9. The van der Waals surface area contributed by atoms with Crippen LogP contribution in [0.5, 0.6) is 0 Å². The van der Waals surface area contributed by atoms with Gasteiger partial charge in [-0.15, -0.1) is 0 Å². The summed E-state index contributed by atoms with van der Waals surface area (Å²) in [5.41, 5.74) is 2.53. The van der Waals surface area contributed by atoms with E-state index in [-0.39, 0.29) is 11.9 Å². The molecule has 3 nitrogen and oxygen atoms in total. The maximum Gasteiger partial charge on any atom is 0.237 e. The SMILES string of the molecule is C=C(Br)CNC(=O)[C@H]1Cc2ccccc2CN1. The van der Waals surface area contributed by atoms with Crippen LogP contribution in [-0.4, -0.2) is 18.5 Å². The molecular weight excluding hydrogens is 280 g/mol. The fourth-order valence-corrected chi connectivity index (χ4v) is 2.09. The Balaban J connectivity index is 1.97. The normalized spacial score (nSPS) is 18.3. The molecule has 0 saturated carbocycles. The second kappa shape index (κ2) is 5.47. The van der Waals surface area contributed by atoms with Crippen molar-refractivity contribution in [2.75, 3.05) is 6.54 Å². The van der Waals surface area contributed by atoms with Crippen LogP contribution in [0.1, 0.15) is 11.1 Å². The van der Waals surface area contributed by atoms with Crippen LogP contribution in [0.25, 0.3) is 0 Å². The molecule has 0 bridgehead atoms. The first-order chi connectivity index (χ1) is 8.16. The molecule has 1 aromatic carbocycles. The van der Waals surface area contributed by atoms with Crippen molar-refractivity contribution >= 4 is 21.8 Å². The van der Waals surface area contributed by atoms with E-state index in [0.717, 1.165) is 17.4 Å². The number of amides is 1. The van der Waals surface area contributed by atoms with Crippen LogP contribution < -0.4 is 10.6 Å². The first-order valence-electron chi connectivity index (χ1n) is 5.58. The van der Waals surface area contributed by atoms with E-state index < -0.39 is 0 Å². The van der Waals surface area contributed by atoms with Gasteiger partial charge >= 0.3 is 0 Å². The molecule has 17 heavy (non-hydrogen) atoms. The average Bonchev–Trinajstić information content (AvgIpc) is 2.35. The quantitative estimate of drug-likeness (QED) is 0.891. The Kier molecular flexibility index (Phi) is 3.97. The summed E-state index contributed by atoms with van der Waals surface area (Å²) in [4.78, 5) is 11.9. The van der Waals surface area contributed by atoms with Crippen LogP contribution >= 0.6 is 15.9 Å². The summed E-state index contributed by atoms with van der Waals surface area (Å²) in [6, 6.07) is 8.07. The van der Waals surface area contributed by atoms with Crippen LogP contribution in [-0.2, 0) is 17.8 Å². The van der Waals surface area contributed by atoms with Crippen molar-refractivity contribution in [2.45, 2.75) is 19.0 Å². The van der Waals surface area contributed by atoms with Gasteiger partial charge in [0.05, 0.1) is 6.04 Å². The monoisotopic (exact) mass is 294 g/mol. The van der Waals surface area contributed by atoms with E-state index in [0.29, 0.717) is 6.54 Å². The minimum absolute atomic E-state index is 0.0279. The van der Waals surface area contributed by atoms with Gasteiger partial charge in [-0.25, -0.2) is 0 Å². The molecule has 2 rings (SSSR count). The molecule has 1 heterocycles. The summed E-state index contributed by atoms with van der Waals surface area (Å²) in [6.45, 7) is 4.91. The van der Waals surface area contributed by atoms with E-state index in [1.807, 2.05) is 12.1 Å². The Hall–Kier alpha value is -1.13. The Morgan fingerprint density at radius 1 is 1.47 bits per heavy atom. The molecule has 1 aliphatic rings. The fraction of sp³-hybridized carbons (Fsp3) is 0.308. The number of hydrogen-bond donors (Lipinski definition) is 2. The third kappa shape index (κ3) is 3.17. The highest BCUT2D eigenvalue weighted by molar-refractivity contribution is 9.11. The maximum atomic E-state index is 11.9. The van der Waals surface area contributed by atoms with E-state index in [1.165, 1.54) is 11.1 Å². The third-order valence-electron chi connectivity index (χ3n) is 2.85. The number of halogens is 1. The Bertz CT molecular complexity index is 445. The predicted molar refractivity (Wildman–Crippen MR) is 71.9 cm³/mol. The Labute approximate surface area is 109 Å². The molecule has 0 unspecified atom stereocenters. The summed E-state index contributed by atoms with van der Waals surface area (Å²) in [5, 5.41) is 6.08. The molecule has 0 spiro atoms. The molecule has 1 aliphatic heterocycles. The molecule has 0 radical (unpaired) electrons. The molecule has 0 aliphatic carbocycles. The minimum Gasteiger partial charge on any atom is -0.350 e. The van der Waals surface area contributed by atoms with E-state index >= 15 is 0 Å². The number of fused-ring (bicyclic) bond motifs is 1. The van der Waals surface area contributed by atoms with Gasteiger partial charge < -0.3 is 10.6 Å². The van der Waals surface area contributed by atoms with Crippen molar-refractivity contribution in [1.82, 2.24) is 10.6 Å². The van der Waals surface area contributed by atoms with Gasteiger partial charge in [0, 0.05) is 17.6 Å². The standard InChI is InChI=1S/C13H15BrN2O/c1-9(14)7-16-13(17)12-6-10-4-2-3-5-11(10)8-15-12/h2-5,12,15H,1,6-8H2,(H,16,17)/t12-/m1/s1. The lowest BCUT2D eigenvalue weighted by Gasteiger charge is -2.25. The molecule has 0 saturated heterocycles. The zero-order valence-corrected chi connectivity index (χ0v) is 11.1. The topological polar surface area (TPSA) is 41.1 Å². The van der Waals surface area contributed by atoms with E-state index in [1.54, 1.807) is 0 Å². The molecule has 0 fully saturated rings. The molecule has 1 amide bonds. The number of hydrogen-bond acceptors (Lipinski definition) is 2. The van der Waals surface area contributed by atoms with Crippen LogP contribution in [0.3, 0.4) is 0 Å². The lowest BCUT2D eigenvalue weighted by atomic mass is 9.95. The van der Waals surface area contributed by atoms with Crippen molar-refractivity contribution in [1.29, 1.82) is 0 Å². The van der Waals surface area contributed by atoms with Crippen molar-refractivity contribution in [2.24, 2.45) is 0 Å². The van der Waals surface area contributed by atoms with Crippen molar-refractivity contribution < 1.29 is 4.79 Å². The first kappa shape index (κ1) is 12.3. The summed E-state index contributed by atoms with van der Waals surface area (Å²) < 4.78 is 0.780. The summed E-state index contributed by atoms with van der Waals surface area (Å²) >= 11 is 3.22. The van der Waals surface area contributed by atoms with E-state index in [9.17, 15) is 4.79 Å². The smallest absolute Gasteiger partial charge is 0.237 e. The lowest BCUT2D eigenvalue weighted by molar-refractivity contribution is -0.123. The zero-order valence-electron chi connectivity index (χ0n) is 9.50. The molecule has 90 valence electrons. The molecule has 1 atom stereocenters. The predicted octanol–water partition coefficient (Wildman–Crippen LogP) is 1.73. The highest BCUT2D eigenvalue weighted by Gasteiger charge is 2.23. The summed E-state index contributed by atoms with van der Waals surface area (Å²) in [7, 11) is 0. The number of carbonyl (C=O) groups is 1. The number of rotatable bonds is 3. The van der Waals surface area contributed by atoms with Gasteiger partial charge in [0.2, 0.25) is 5.91 Å². The van der Waals surface area contributed by atoms with Crippen LogP contribution in [0, 0.1) is 0 Å². The fourth-order valence-electron chi connectivity index (χ4n) is 1.95. The highest BCUT2D eigenvalue weighted by atomic mass is 79.9. The minimum atomic E-state index is -0.142. The van der Waals surface area contributed by atoms with E-state index in [4.69, 9.17) is 0 Å². The van der Waals surface area contributed by atoms with Crippen molar-refractivity contribution in [3.05, 3.63) is 46.5 Å². The third-order valence-corrected chi connectivity index (χ3v) is 3.13. The molecular formula is C13H15BrN2O. The first-order valence-corrected chi connectivity index (χ1v) is 6.37. The lowest BCUT2D eigenvalue weighted by Crippen LogP contribution is -2.47. The van der Waals surface area contributed by atoms with Gasteiger partial charge in [0.1, 0.15) is 0 Å². The van der Waals surface area contributed by atoms with Gasteiger partial charge in [-0.2, -0.15) is 0 Å². The van der Waals surface area contributed by atoms with Gasteiger partial charge in [-0.1, -0.05) is 46.8 Å². The molecule has 2 N–H and O–H groups in total. The summed E-state index contributed by atoms with van der Waals surface area (Å²) in [5.74, 6) is 0.0279. The number of carbonyl (C=O) groups excluding carboxylic acids is 1. The molecule has 0 aromatic heterocycles. The number of nitrogens with one attached hydrogen (secondary N) is 2. The van der Waals surface area contributed by atoms with E-state index in [2.05, 4.69) is 45.3 Å². The summed E-state index contributed by atoms with van der Waals surface area (Å²) in [6.07, 6.45) is 0.747. The Morgan fingerprint density at radius 2 is 2.18 bits per heavy atom. The highest BCUT2D eigenvalue weighted by Crippen LogP contribution is 2.16. The van der Waals surface area contributed by atoms with Crippen molar-refractivity contribution in [3.8, 4) is 0 Å². The molecule has 4 heteroatoms. The second-order valence-electron chi connectivity index (χ2n) is 4.14. The largest absolute Gasteiger partial charge is 0.350 e. The average molecular weight is 295 g/mol. The van der Waals surface area contributed by atoms with Crippen LogP contribution in [0.4, 0.5) is 0 Å². The number of benzene rings is 1. The second-order valence-corrected chi connectivity index (χ2v) is 5.26. The van der Waals surface area contributed by atoms with Crippen molar-refractivity contribution in [3.63, 3.8) is 0 Å². The van der Waals surface area contributed by atoms with Crippen LogP contribution in [0.2, 0.25) is 0 Å². The van der Waals surface area contributed by atoms with Gasteiger partial charge in [0.25, 0.3) is 0 Å².